The molecule has 2 aromatic carbocycles. The Labute approximate surface area is 157 Å². The van der Waals surface area contributed by atoms with E-state index in [4.69, 9.17) is 27.6 Å². The molecule has 1 amide bonds. The lowest BCUT2D eigenvalue weighted by molar-refractivity contribution is 0.103. The van der Waals surface area contributed by atoms with Crippen LogP contribution in [0.3, 0.4) is 0 Å². The molecule has 0 saturated heterocycles. The number of rotatable bonds is 3. The van der Waals surface area contributed by atoms with Gasteiger partial charge in [0, 0.05) is 16.3 Å². The summed E-state index contributed by atoms with van der Waals surface area (Å²) in [5, 5.41) is 5.63. The predicted molar refractivity (Wildman–Crippen MR) is 102 cm³/mol. The van der Waals surface area contributed by atoms with Gasteiger partial charge in [-0.05, 0) is 47.8 Å². The van der Waals surface area contributed by atoms with Crippen molar-refractivity contribution in [1.29, 1.82) is 0 Å². The van der Waals surface area contributed by atoms with Crippen LogP contribution in [0.15, 0.2) is 58.3 Å². The van der Waals surface area contributed by atoms with Gasteiger partial charge in [0.2, 0.25) is 5.89 Å². The minimum atomic E-state index is -0.133. The van der Waals surface area contributed by atoms with Crippen molar-refractivity contribution >= 4 is 57.2 Å². The molecule has 0 aliphatic heterocycles. The second-order valence-corrected chi connectivity index (χ2v) is 7.05. The lowest BCUT2D eigenvalue weighted by Gasteiger charge is -2.04. The SMILES string of the molecule is O=C(Nc1ccc(-c2nc3cc(Cl)cc(Cl)c3o2)cc1)c1cccs1. The maximum absolute atomic E-state index is 12.1. The molecule has 1 N–H and O–H groups in total. The zero-order valence-electron chi connectivity index (χ0n) is 12.6. The largest absolute Gasteiger partial charge is 0.435 e. The van der Waals surface area contributed by atoms with Gasteiger partial charge in [0.1, 0.15) is 5.52 Å². The number of nitrogens with zero attached hydrogens (tertiary/aromatic N) is 1. The second kappa shape index (κ2) is 6.52. The van der Waals surface area contributed by atoms with Crippen molar-refractivity contribution in [2.24, 2.45) is 0 Å². The first kappa shape index (κ1) is 16.1. The second-order valence-electron chi connectivity index (χ2n) is 5.26. The summed E-state index contributed by atoms with van der Waals surface area (Å²) in [6.45, 7) is 0. The topological polar surface area (TPSA) is 55.1 Å². The standard InChI is InChI=1S/C18H10Cl2N2O2S/c19-11-8-13(20)16-14(9-11)22-18(24-16)10-3-5-12(6-4-10)21-17(23)15-2-1-7-25-15/h1-9H,(H,21,23). The van der Waals surface area contributed by atoms with Crippen LogP contribution in [-0.2, 0) is 0 Å². The normalized spacial score (nSPS) is 11.0. The highest BCUT2D eigenvalue weighted by Gasteiger charge is 2.13. The van der Waals surface area contributed by atoms with Crippen LogP contribution in [0, 0.1) is 0 Å². The predicted octanol–water partition coefficient (Wildman–Crippen LogP) is 6.12. The number of hydrogen-bond acceptors (Lipinski definition) is 4. The molecule has 0 atom stereocenters. The first-order chi connectivity index (χ1) is 12.1. The maximum Gasteiger partial charge on any atom is 0.265 e. The third-order valence-corrected chi connectivity index (χ3v) is 4.91. The molecule has 7 heteroatoms. The van der Waals surface area contributed by atoms with Gasteiger partial charge in [0.15, 0.2) is 5.58 Å². The maximum atomic E-state index is 12.1. The smallest absolute Gasteiger partial charge is 0.265 e. The third-order valence-electron chi connectivity index (χ3n) is 3.54. The van der Waals surface area contributed by atoms with Gasteiger partial charge < -0.3 is 9.73 Å². The van der Waals surface area contributed by atoms with Crippen LogP contribution in [0.25, 0.3) is 22.6 Å². The van der Waals surface area contributed by atoms with E-state index in [1.165, 1.54) is 11.3 Å². The van der Waals surface area contributed by atoms with E-state index in [9.17, 15) is 4.79 Å². The molecule has 0 aliphatic rings. The number of aromatic nitrogens is 1. The number of halogens is 2. The monoisotopic (exact) mass is 388 g/mol. The Morgan fingerprint density at radius 3 is 2.64 bits per heavy atom. The number of benzene rings is 2. The molecule has 4 rings (SSSR count). The van der Waals surface area contributed by atoms with E-state index in [-0.39, 0.29) is 5.91 Å². The van der Waals surface area contributed by atoms with Gasteiger partial charge in [-0.15, -0.1) is 11.3 Å². The van der Waals surface area contributed by atoms with Crippen molar-refractivity contribution < 1.29 is 9.21 Å². The average molecular weight is 389 g/mol. The first-order valence-corrected chi connectivity index (χ1v) is 8.94. The van der Waals surface area contributed by atoms with Gasteiger partial charge >= 0.3 is 0 Å². The Bertz CT molecular complexity index is 1060. The molecule has 0 saturated carbocycles. The summed E-state index contributed by atoms with van der Waals surface area (Å²) in [5.74, 6) is 0.307. The highest BCUT2D eigenvalue weighted by Crippen LogP contribution is 2.32. The molecule has 0 aliphatic carbocycles. The van der Waals surface area contributed by atoms with Crippen molar-refractivity contribution in [3.05, 3.63) is 68.8 Å². The fourth-order valence-corrected chi connectivity index (χ4v) is 3.52. The van der Waals surface area contributed by atoms with E-state index in [1.807, 2.05) is 23.6 Å². The number of anilines is 1. The molecule has 0 unspecified atom stereocenters. The molecule has 124 valence electrons. The molecular formula is C18H10Cl2N2O2S. The Hall–Kier alpha value is -2.34. The number of carbonyl (C=O) groups excluding carboxylic acids is 1. The zero-order valence-corrected chi connectivity index (χ0v) is 15.0. The summed E-state index contributed by atoms with van der Waals surface area (Å²) in [7, 11) is 0. The summed E-state index contributed by atoms with van der Waals surface area (Å²) in [6.07, 6.45) is 0. The van der Waals surface area contributed by atoms with Gasteiger partial charge in [-0.25, -0.2) is 4.98 Å². The van der Waals surface area contributed by atoms with E-state index in [1.54, 1.807) is 30.3 Å². The Kier molecular flexibility index (Phi) is 4.21. The number of thiophene rings is 1. The molecule has 0 bridgehead atoms. The number of fused-ring (bicyclic) bond motifs is 1. The highest BCUT2D eigenvalue weighted by molar-refractivity contribution is 7.12. The van der Waals surface area contributed by atoms with Crippen LogP contribution >= 0.6 is 34.5 Å². The van der Waals surface area contributed by atoms with Crippen LogP contribution in [0.5, 0.6) is 0 Å². The van der Waals surface area contributed by atoms with Crippen LogP contribution in [0.2, 0.25) is 10.0 Å². The number of hydrogen-bond donors (Lipinski definition) is 1. The molecule has 4 aromatic rings. The summed E-state index contributed by atoms with van der Waals surface area (Å²) >= 11 is 13.5. The van der Waals surface area contributed by atoms with E-state index in [2.05, 4.69) is 10.3 Å². The Balaban J connectivity index is 1.60. The number of carbonyl (C=O) groups is 1. The Morgan fingerprint density at radius 2 is 1.92 bits per heavy atom. The molecule has 0 radical (unpaired) electrons. The number of amides is 1. The lowest BCUT2D eigenvalue weighted by atomic mass is 10.2. The molecular weight excluding hydrogens is 379 g/mol. The van der Waals surface area contributed by atoms with E-state index in [0.29, 0.717) is 37.6 Å². The van der Waals surface area contributed by atoms with Gasteiger partial charge in [-0.1, -0.05) is 29.3 Å². The molecule has 2 aromatic heterocycles. The van der Waals surface area contributed by atoms with Crippen molar-refractivity contribution in [2.45, 2.75) is 0 Å². The molecule has 0 spiro atoms. The molecule has 4 nitrogen and oxygen atoms in total. The van der Waals surface area contributed by atoms with Gasteiger partial charge in [0.05, 0.1) is 9.90 Å². The fourth-order valence-electron chi connectivity index (χ4n) is 2.38. The number of oxazole rings is 1. The highest BCUT2D eigenvalue weighted by atomic mass is 35.5. The van der Waals surface area contributed by atoms with Crippen LogP contribution < -0.4 is 5.32 Å². The Morgan fingerprint density at radius 1 is 1.12 bits per heavy atom. The molecule has 25 heavy (non-hydrogen) atoms. The van der Waals surface area contributed by atoms with E-state index < -0.39 is 0 Å². The van der Waals surface area contributed by atoms with Gasteiger partial charge in [0.25, 0.3) is 5.91 Å². The summed E-state index contributed by atoms with van der Waals surface area (Å²) in [6, 6.07) is 14.2. The third kappa shape index (κ3) is 3.26. The van der Waals surface area contributed by atoms with Crippen LogP contribution in [0.1, 0.15) is 9.67 Å². The minimum Gasteiger partial charge on any atom is -0.435 e. The first-order valence-electron chi connectivity index (χ1n) is 7.31. The van der Waals surface area contributed by atoms with E-state index in [0.717, 1.165) is 5.56 Å². The quantitative estimate of drug-likeness (QED) is 0.460. The van der Waals surface area contributed by atoms with Crippen LogP contribution in [0.4, 0.5) is 5.69 Å². The minimum absolute atomic E-state index is 0.133. The lowest BCUT2D eigenvalue weighted by Crippen LogP contribution is -2.09. The van der Waals surface area contributed by atoms with Crippen LogP contribution in [-0.4, -0.2) is 10.9 Å². The molecule has 2 heterocycles. The number of nitrogens with one attached hydrogen (secondary N) is 1. The van der Waals surface area contributed by atoms with Gasteiger partial charge in [-0.3, -0.25) is 4.79 Å². The van der Waals surface area contributed by atoms with E-state index >= 15 is 0 Å². The zero-order chi connectivity index (χ0) is 17.4. The van der Waals surface area contributed by atoms with Gasteiger partial charge in [-0.2, -0.15) is 0 Å². The summed E-state index contributed by atoms with van der Waals surface area (Å²) in [4.78, 5) is 17.1. The van der Waals surface area contributed by atoms with Crippen molar-refractivity contribution in [3.8, 4) is 11.5 Å². The van der Waals surface area contributed by atoms with Crippen molar-refractivity contribution in [3.63, 3.8) is 0 Å². The van der Waals surface area contributed by atoms with Crippen molar-refractivity contribution in [2.75, 3.05) is 5.32 Å². The fraction of sp³-hybridized carbons (Fsp3) is 0. The molecule has 0 fully saturated rings. The average Bonchev–Trinajstić information content (AvgIpc) is 3.25. The summed E-state index contributed by atoms with van der Waals surface area (Å²) < 4.78 is 5.73. The summed E-state index contributed by atoms with van der Waals surface area (Å²) in [5.41, 5.74) is 2.57. The van der Waals surface area contributed by atoms with Crippen molar-refractivity contribution in [1.82, 2.24) is 4.98 Å².